The van der Waals surface area contributed by atoms with Crippen molar-refractivity contribution in [2.45, 2.75) is 186 Å². The molecule has 0 aromatic carbocycles. The second kappa shape index (κ2) is 20.6. The van der Waals surface area contributed by atoms with Gasteiger partial charge < -0.3 is 5.73 Å². The Morgan fingerprint density at radius 2 is 0.968 bits per heavy atom. The minimum atomic E-state index is 0.178. The summed E-state index contributed by atoms with van der Waals surface area (Å²) in [7, 11) is 0. The van der Waals surface area contributed by atoms with E-state index in [-0.39, 0.29) is 5.54 Å². The first-order valence-electron chi connectivity index (χ1n) is 15.0. The fourth-order valence-corrected chi connectivity index (χ4v) is 5.92. The number of hydrogen-bond donors (Lipinski definition) is 1. The Hall–Kier alpha value is -0.0400. The summed E-state index contributed by atoms with van der Waals surface area (Å²) in [5, 5.41) is 0. The van der Waals surface area contributed by atoms with Crippen molar-refractivity contribution in [3.05, 3.63) is 0 Å². The summed E-state index contributed by atoms with van der Waals surface area (Å²) in [4.78, 5) is 0. The Bertz CT molecular complexity index is 365. The van der Waals surface area contributed by atoms with Crippen LogP contribution in [0.3, 0.4) is 0 Å². The van der Waals surface area contributed by atoms with Gasteiger partial charge in [0.05, 0.1) is 0 Å². The van der Waals surface area contributed by atoms with Crippen molar-refractivity contribution in [1.29, 1.82) is 0 Å². The third-order valence-corrected chi connectivity index (χ3v) is 8.16. The number of nitrogens with two attached hydrogens (primary N) is 1. The molecule has 31 heavy (non-hydrogen) atoms. The summed E-state index contributed by atoms with van der Waals surface area (Å²) >= 11 is 0. The van der Waals surface area contributed by atoms with Crippen molar-refractivity contribution >= 4 is 0 Å². The molecule has 1 nitrogen and oxygen atoms in total. The third kappa shape index (κ3) is 15.4. The molecule has 1 rings (SSSR count). The molecule has 0 aliphatic heterocycles. The van der Waals surface area contributed by atoms with Crippen LogP contribution in [0.4, 0.5) is 0 Å². The largest absolute Gasteiger partial charge is 0.325 e. The van der Waals surface area contributed by atoms with Crippen LogP contribution in [-0.2, 0) is 0 Å². The van der Waals surface area contributed by atoms with E-state index >= 15 is 0 Å². The molecule has 2 unspecified atom stereocenters. The van der Waals surface area contributed by atoms with Gasteiger partial charge in [0.15, 0.2) is 0 Å². The van der Waals surface area contributed by atoms with Crippen LogP contribution in [-0.4, -0.2) is 5.54 Å². The van der Waals surface area contributed by atoms with E-state index in [2.05, 4.69) is 13.8 Å². The molecule has 1 aliphatic carbocycles. The molecule has 0 radical (unpaired) electrons. The Morgan fingerprint density at radius 3 is 1.45 bits per heavy atom. The average molecular weight is 436 g/mol. The van der Waals surface area contributed by atoms with Gasteiger partial charge >= 0.3 is 0 Å². The van der Waals surface area contributed by atoms with Gasteiger partial charge in [-0.15, -0.1) is 0 Å². The molecule has 2 N–H and O–H groups in total. The van der Waals surface area contributed by atoms with Crippen molar-refractivity contribution in [3.63, 3.8) is 0 Å². The predicted molar refractivity (Wildman–Crippen MR) is 142 cm³/mol. The normalized spacial score (nSPS) is 21.6. The zero-order chi connectivity index (χ0) is 22.5. The van der Waals surface area contributed by atoms with Gasteiger partial charge in [-0.25, -0.2) is 0 Å². The molecule has 0 amide bonds. The van der Waals surface area contributed by atoms with E-state index < -0.39 is 0 Å². The van der Waals surface area contributed by atoms with Crippen LogP contribution in [0.15, 0.2) is 0 Å². The molecule has 1 fully saturated rings. The fraction of sp³-hybridized carbons (Fsp3) is 1.00. The van der Waals surface area contributed by atoms with Crippen molar-refractivity contribution in [1.82, 2.24) is 0 Å². The van der Waals surface area contributed by atoms with E-state index in [0.717, 1.165) is 5.92 Å². The quantitative estimate of drug-likeness (QED) is 0.168. The highest BCUT2D eigenvalue weighted by molar-refractivity contribution is 4.94. The molecular weight excluding hydrogens is 374 g/mol. The molecule has 0 aromatic heterocycles. The number of hydrogen-bond acceptors (Lipinski definition) is 1. The lowest BCUT2D eigenvalue weighted by atomic mass is 9.69. The SMILES string of the molecule is CCCCCCCCCCCCC1CCCCC1(N)CCCCCCCCCCCC. The molecule has 1 saturated carbocycles. The highest BCUT2D eigenvalue weighted by Crippen LogP contribution is 2.38. The van der Waals surface area contributed by atoms with Gasteiger partial charge in [0, 0.05) is 5.54 Å². The maximum Gasteiger partial charge on any atom is 0.0182 e. The smallest absolute Gasteiger partial charge is 0.0182 e. The molecule has 1 heteroatoms. The molecule has 0 aromatic rings. The maximum absolute atomic E-state index is 7.03. The van der Waals surface area contributed by atoms with Crippen LogP contribution in [0.5, 0.6) is 0 Å². The van der Waals surface area contributed by atoms with Gasteiger partial charge in [0.2, 0.25) is 0 Å². The molecule has 0 bridgehead atoms. The Kier molecular flexibility index (Phi) is 19.2. The molecule has 1 aliphatic rings. The number of rotatable bonds is 22. The molecule has 186 valence electrons. The average Bonchev–Trinajstić information content (AvgIpc) is 2.77. The summed E-state index contributed by atoms with van der Waals surface area (Å²) < 4.78 is 0. The molecule has 0 saturated heterocycles. The van der Waals surface area contributed by atoms with E-state index in [0.29, 0.717) is 0 Å². The monoisotopic (exact) mass is 435 g/mol. The summed E-state index contributed by atoms with van der Waals surface area (Å²) in [6, 6.07) is 0. The summed E-state index contributed by atoms with van der Waals surface area (Å²) in [5.41, 5.74) is 7.21. The first-order valence-corrected chi connectivity index (χ1v) is 15.0. The van der Waals surface area contributed by atoms with E-state index in [1.54, 1.807) is 0 Å². The lowest BCUT2D eigenvalue weighted by Crippen LogP contribution is -2.49. The Morgan fingerprint density at radius 1 is 0.548 bits per heavy atom. The van der Waals surface area contributed by atoms with E-state index in [9.17, 15) is 0 Å². The van der Waals surface area contributed by atoms with Crippen LogP contribution in [0.2, 0.25) is 0 Å². The summed E-state index contributed by atoms with van der Waals surface area (Å²) in [6.07, 6.45) is 36.9. The highest BCUT2D eigenvalue weighted by Gasteiger charge is 2.35. The van der Waals surface area contributed by atoms with Crippen LogP contribution in [0.25, 0.3) is 0 Å². The first-order chi connectivity index (χ1) is 15.2. The van der Waals surface area contributed by atoms with Crippen molar-refractivity contribution < 1.29 is 0 Å². The van der Waals surface area contributed by atoms with Crippen LogP contribution in [0, 0.1) is 5.92 Å². The van der Waals surface area contributed by atoms with Gasteiger partial charge in [-0.3, -0.25) is 0 Å². The summed E-state index contributed by atoms with van der Waals surface area (Å²) in [6.45, 7) is 4.61. The minimum Gasteiger partial charge on any atom is -0.325 e. The molecular formula is C30H61N. The second-order valence-electron chi connectivity index (χ2n) is 11.1. The van der Waals surface area contributed by atoms with Crippen LogP contribution < -0.4 is 5.73 Å². The predicted octanol–water partition coefficient (Wildman–Crippen LogP) is 10.5. The first kappa shape index (κ1) is 29.0. The summed E-state index contributed by atoms with van der Waals surface area (Å²) in [5.74, 6) is 0.814. The lowest BCUT2D eigenvalue weighted by molar-refractivity contribution is 0.158. The lowest BCUT2D eigenvalue weighted by Gasteiger charge is -2.42. The van der Waals surface area contributed by atoms with Gasteiger partial charge in [0.1, 0.15) is 0 Å². The zero-order valence-electron chi connectivity index (χ0n) is 22.0. The molecule has 0 spiro atoms. The van der Waals surface area contributed by atoms with Crippen LogP contribution >= 0.6 is 0 Å². The standard InChI is InChI=1S/C30H61N/c1-3-5-7-9-11-13-15-17-19-21-25-29-26-22-24-28-30(29,31)27-23-20-18-16-14-12-10-8-6-4-2/h29H,3-28,31H2,1-2H3. The van der Waals surface area contributed by atoms with Crippen molar-refractivity contribution in [2.75, 3.05) is 0 Å². The second-order valence-corrected chi connectivity index (χ2v) is 11.1. The van der Waals surface area contributed by atoms with Gasteiger partial charge in [-0.05, 0) is 31.6 Å². The van der Waals surface area contributed by atoms with E-state index in [1.165, 1.54) is 167 Å². The van der Waals surface area contributed by atoms with E-state index in [1.807, 2.05) is 0 Å². The fourth-order valence-electron chi connectivity index (χ4n) is 5.92. The van der Waals surface area contributed by atoms with E-state index in [4.69, 9.17) is 5.73 Å². The van der Waals surface area contributed by atoms with Gasteiger partial charge in [0.25, 0.3) is 0 Å². The Balaban J connectivity index is 2.04. The highest BCUT2D eigenvalue weighted by atomic mass is 14.8. The van der Waals surface area contributed by atoms with Crippen LogP contribution in [0.1, 0.15) is 181 Å². The van der Waals surface area contributed by atoms with Gasteiger partial charge in [-0.2, -0.15) is 0 Å². The Labute approximate surface area is 198 Å². The topological polar surface area (TPSA) is 26.0 Å². The number of unbranched alkanes of at least 4 members (excludes halogenated alkanes) is 18. The minimum absolute atomic E-state index is 0.178. The maximum atomic E-state index is 7.03. The van der Waals surface area contributed by atoms with Crippen molar-refractivity contribution in [2.24, 2.45) is 11.7 Å². The molecule has 0 heterocycles. The van der Waals surface area contributed by atoms with Gasteiger partial charge in [-0.1, -0.05) is 155 Å². The third-order valence-electron chi connectivity index (χ3n) is 8.16. The molecule has 2 atom stereocenters. The van der Waals surface area contributed by atoms with Crippen molar-refractivity contribution in [3.8, 4) is 0 Å². The zero-order valence-corrected chi connectivity index (χ0v) is 22.0.